The number of nitrogens with one attached hydrogen (secondary N) is 1. The van der Waals surface area contributed by atoms with E-state index in [1.807, 2.05) is 19.1 Å². The molecule has 0 fully saturated rings. The number of halogens is 2. The molecule has 124 valence electrons. The number of hydrogen-bond acceptors (Lipinski definition) is 3. The Labute approximate surface area is 149 Å². The molecule has 2 aromatic heterocycles. The quantitative estimate of drug-likeness (QED) is 0.755. The molecule has 0 radical (unpaired) electrons. The Morgan fingerprint density at radius 3 is 2.75 bits per heavy atom. The van der Waals surface area contributed by atoms with Crippen molar-refractivity contribution in [1.29, 1.82) is 0 Å². The number of rotatable bonds is 5. The van der Waals surface area contributed by atoms with Gasteiger partial charge in [0.1, 0.15) is 6.54 Å². The van der Waals surface area contributed by atoms with Crippen LogP contribution in [0.15, 0.2) is 42.9 Å². The van der Waals surface area contributed by atoms with Crippen molar-refractivity contribution < 1.29 is 4.79 Å². The number of carbonyl (C=O) groups is 1. The van der Waals surface area contributed by atoms with Crippen LogP contribution in [0.5, 0.6) is 0 Å². The summed E-state index contributed by atoms with van der Waals surface area (Å²) in [5, 5.41) is 12.1. The van der Waals surface area contributed by atoms with E-state index in [0.717, 1.165) is 11.3 Å². The molecular formula is C16H15Cl2N5O. The first kappa shape index (κ1) is 16.5. The summed E-state index contributed by atoms with van der Waals surface area (Å²) in [6, 6.07) is 7.28. The average molecular weight is 364 g/mol. The van der Waals surface area contributed by atoms with Crippen LogP contribution in [0, 0.1) is 6.92 Å². The Balaban J connectivity index is 1.61. The van der Waals surface area contributed by atoms with Gasteiger partial charge in [0.15, 0.2) is 0 Å². The third-order valence-corrected chi connectivity index (χ3v) is 4.21. The zero-order chi connectivity index (χ0) is 17.1. The van der Waals surface area contributed by atoms with Crippen LogP contribution < -0.4 is 5.32 Å². The Hall–Kier alpha value is -2.31. The monoisotopic (exact) mass is 363 g/mol. The van der Waals surface area contributed by atoms with Gasteiger partial charge in [-0.25, -0.2) is 0 Å². The zero-order valence-electron chi connectivity index (χ0n) is 12.9. The number of carbonyl (C=O) groups excluding carboxylic acids is 1. The van der Waals surface area contributed by atoms with E-state index in [4.69, 9.17) is 23.2 Å². The molecule has 0 spiro atoms. The van der Waals surface area contributed by atoms with Gasteiger partial charge in [0.2, 0.25) is 5.91 Å². The van der Waals surface area contributed by atoms with Gasteiger partial charge in [-0.2, -0.15) is 10.2 Å². The maximum atomic E-state index is 12.0. The van der Waals surface area contributed by atoms with Crippen LogP contribution in [-0.4, -0.2) is 25.5 Å². The molecule has 8 heteroatoms. The molecule has 1 N–H and O–H groups in total. The predicted octanol–water partition coefficient (Wildman–Crippen LogP) is 3.38. The first-order valence-electron chi connectivity index (χ1n) is 7.26. The van der Waals surface area contributed by atoms with Crippen LogP contribution in [0.1, 0.15) is 11.3 Å². The molecule has 1 amide bonds. The van der Waals surface area contributed by atoms with Crippen LogP contribution in [0.3, 0.4) is 0 Å². The summed E-state index contributed by atoms with van der Waals surface area (Å²) in [6.07, 6.45) is 5.03. The van der Waals surface area contributed by atoms with Gasteiger partial charge >= 0.3 is 0 Å². The molecule has 24 heavy (non-hydrogen) atoms. The van der Waals surface area contributed by atoms with Gasteiger partial charge in [-0.1, -0.05) is 29.3 Å². The highest BCUT2D eigenvalue weighted by atomic mass is 35.5. The van der Waals surface area contributed by atoms with Crippen molar-refractivity contribution in [1.82, 2.24) is 19.6 Å². The van der Waals surface area contributed by atoms with Gasteiger partial charge in [0.05, 0.1) is 28.5 Å². The van der Waals surface area contributed by atoms with E-state index in [9.17, 15) is 4.79 Å². The molecule has 3 aromatic rings. The molecule has 2 heterocycles. The summed E-state index contributed by atoms with van der Waals surface area (Å²) in [5.74, 6) is -0.157. The van der Waals surface area contributed by atoms with Crippen molar-refractivity contribution in [3.63, 3.8) is 0 Å². The van der Waals surface area contributed by atoms with E-state index >= 15 is 0 Å². The summed E-state index contributed by atoms with van der Waals surface area (Å²) in [4.78, 5) is 12.0. The zero-order valence-corrected chi connectivity index (χ0v) is 14.4. The van der Waals surface area contributed by atoms with Crippen LogP contribution in [0.4, 0.5) is 5.69 Å². The van der Waals surface area contributed by atoms with E-state index < -0.39 is 0 Å². The van der Waals surface area contributed by atoms with Crippen LogP contribution >= 0.6 is 23.2 Å². The number of anilines is 1. The second-order valence-electron chi connectivity index (χ2n) is 5.35. The molecule has 0 aliphatic carbocycles. The molecular weight excluding hydrogens is 349 g/mol. The highest BCUT2D eigenvalue weighted by molar-refractivity contribution is 6.42. The van der Waals surface area contributed by atoms with Gasteiger partial charge in [-0.3, -0.25) is 14.2 Å². The van der Waals surface area contributed by atoms with Crippen LogP contribution in [0.2, 0.25) is 10.0 Å². The third kappa shape index (κ3) is 3.96. The van der Waals surface area contributed by atoms with E-state index in [1.165, 1.54) is 0 Å². The fraction of sp³-hybridized carbons (Fsp3) is 0.188. The Kier molecular flexibility index (Phi) is 4.87. The second-order valence-corrected chi connectivity index (χ2v) is 6.17. The Morgan fingerprint density at radius 2 is 2.04 bits per heavy atom. The minimum absolute atomic E-state index is 0.157. The minimum atomic E-state index is -0.157. The Bertz CT molecular complexity index is 871. The van der Waals surface area contributed by atoms with Crippen molar-refractivity contribution in [3.05, 3.63) is 64.2 Å². The SMILES string of the molecule is Cc1ccnn1CC(=O)Nc1cnn(Cc2ccc(Cl)c(Cl)c2)c1. The number of benzene rings is 1. The molecule has 0 atom stereocenters. The van der Waals surface area contributed by atoms with E-state index in [-0.39, 0.29) is 12.5 Å². The van der Waals surface area contributed by atoms with Crippen molar-refractivity contribution >= 4 is 34.8 Å². The largest absolute Gasteiger partial charge is 0.322 e. The molecule has 3 rings (SSSR count). The lowest BCUT2D eigenvalue weighted by molar-refractivity contribution is -0.116. The molecule has 0 aliphatic heterocycles. The van der Waals surface area contributed by atoms with Crippen molar-refractivity contribution in [3.8, 4) is 0 Å². The van der Waals surface area contributed by atoms with Crippen molar-refractivity contribution in [2.45, 2.75) is 20.0 Å². The topological polar surface area (TPSA) is 64.7 Å². The smallest absolute Gasteiger partial charge is 0.246 e. The summed E-state index contributed by atoms with van der Waals surface area (Å²) < 4.78 is 3.35. The van der Waals surface area contributed by atoms with Gasteiger partial charge in [-0.15, -0.1) is 0 Å². The van der Waals surface area contributed by atoms with Crippen LogP contribution in [-0.2, 0) is 17.9 Å². The lowest BCUT2D eigenvalue weighted by Crippen LogP contribution is -2.19. The fourth-order valence-corrected chi connectivity index (χ4v) is 2.56. The lowest BCUT2D eigenvalue weighted by atomic mass is 10.2. The van der Waals surface area contributed by atoms with Crippen molar-refractivity contribution in [2.75, 3.05) is 5.32 Å². The summed E-state index contributed by atoms with van der Waals surface area (Å²) in [6.45, 7) is 2.59. The third-order valence-electron chi connectivity index (χ3n) is 3.47. The van der Waals surface area contributed by atoms with Gasteiger partial charge in [0, 0.05) is 18.1 Å². The average Bonchev–Trinajstić information content (AvgIpc) is 3.13. The predicted molar refractivity (Wildman–Crippen MR) is 93.4 cm³/mol. The number of aryl methyl sites for hydroxylation is 1. The molecule has 0 aliphatic rings. The van der Waals surface area contributed by atoms with Gasteiger partial charge in [-0.05, 0) is 30.7 Å². The maximum Gasteiger partial charge on any atom is 0.246 e. The molecule has 0 saturated carbocycles. The van der Waals surface area contributed by atoms with E-state index in [0.29, 0.717) is 22.3 Å². The molecule has 0 bridgehead atoms. The van der Waals surface area contributed by atoms with Gasteiger partial charge in [0.25, 0.3) is 0 Å². The highest BCUT2D eigenvalue weighted by Crippen LogP contribution is 2.23. The van der Waals surface area contributed by atoms with Gasteiger partial charge < -0.3 is 5.32 Å². The normalized spacial score (nSPS) is 10.8. The number of aromatic nitrogens is 4. The first-order chi connectivity index (χ1) is 11.5. The minimum Gasteiger partial charge on any atom is -0.322 e. The maximum absolute atomic E-state index is 12.0. The lowest BCUT2D eigenvalue weighted by Gasteiger charge is -2.05. The number of nitrogens with zero attached hydrogens (tertiary/aromatic N) is 4. The van der Waals surface area contributed by atoms with E-state index in [2.05, 4.69) is 15.5 Å². The summed E-state index contributed by atoms with van der Waals surface area (Å²) in [7, 11) is 0. The highest BCUT2D eigenvalue weighted by Gasteiger charge is 2.08. The molecule has 6 nitrogen and oxygen atoms in total. The number of hydrogen-bond donors (Lipinski definition) is 1. The summed E-state index contributed by atoms with van der Waals surface area (Å²) >= 11 is 11.9. The Morgan fingerprint density at radius 1 is 1.21 bits per heavy atom. The first-order valence-corrected chi connectivity index (χ1v) is 8.01. The van der Waals surface area contributed by atoms with Crippen molar-refractivity contribution in [2.24, 2.45) is 0 Å². The second kappa shape index (κ2) is 7.07. The molecule has 0 unspecified atom stereocenters. The van der Waals surface area contributed by atoms with E-state index in [1.54, 1.807) is 40.1 Å². The number of amides is 1. The molecule has 0 saturated heterocycles. The summed E-state index contributed by atoms with van der Waals surface area (Å²) in [5.41, 5.74) is 2.53. The van der Waals surface area contributed by atoms with Crippen LogP contribution in [0.25, 0.3) is 0 Å². The molecule has 1 aromatic carbocycles. The fourth-order valence-electron chi connectivity index (χ4n) is 2.24. The standard InChI is InChI=1S/C16H15Cl2N5O/c1-11-4-5-19-23(11)10-16(24)21-13-7-20-22(9-13)8-12-2-3-14(17)15(18)6-12/h2-7,9H,8,10H2,1H3,(H,21,24).